The quantitative estimate of drug-likeness (QED) is 0.749. The lowest BCUT2D eigenvalue weighted by atomic mass is 9.97. The SMILES string of the molecule is Cn1ccnc1N1CCC(CN)CC1. The average Bonchev–Trinajstić information content (AvgIpc) is 2.65. The van der Waals surface area contributed by atoms with Gasteiger partial charge in [-0.15, -0.1) is 0 Å². The molecule has 2 rings (SSSR count). The number of aromatic nitrogens is 2. The van der Waals surface area contributed by atoms with E-state index in [0.29, 0.717) is 5.92 Å². The zero-order valence-corrected chi connectivity index (χ0v) is 8.69. The molecule has 78 valence electrons. The number of hydrogen-bond acceptors (Lipinski definition) is 3. The minimum absolute atomic E-state index is 0.714. The van der Waals surface area contributed by atoms with Crippen molar-refractivity contribution in [2.45, 2.75) is 12.8 Å². The maximum absolute atomic E-state index is 5.66. The van der Waals surface area contributed by atoms with E-state index in [0.717, 1.165) is 25.6 Å². The van der Waals surface area contributed by atoms with Gasteiger partial charge in [-0.3, -0.25) is 0 Å². The molecule has 0 saturated carbocycles. The molecule has 14 heavy (non-hydrogen) atoms. The van der Waals surface area contributed by atoms with Crippen LogP contribution in [0.15, 0.2) is 12.4 Å². The molecule has 0 bridgehead atoms. The highest BCUT2D eigenvalue weighted by atomic mass is 15.3. The van der Waals surface area contributed by atoms with Crippen molar-refractivity contribution in [2.24, 2.45) is 18.7 Å². The average molecular weight is 194 g/mol. The van der Waals surface area contributed by atoms with Crippen molar-refractivity contribution in [3.05, 3.63) is 12.4 Å². The molecule has 1 aromatic rings. The van der Waals surface area contributed by atoms with E-state index >= 15 is 0 Å². The number of nitrogens with zero attached hydrogens (tertiary/aromatic N) is 3. The molecule has 0 spiro atoms. The van der Waals surface area contributed by atoms with Crippen LogP contribution in [-0.2, 0) is 7.05 Å². The number of anilines is 1. The Labute approximate surface area is 84.7 Å². The molecule has 0 aromatic carbocycles. The van der Waals surface area contributed by atoms with E-state index in [2.05, 4.69) is 14.5 Å². The molecule has 4 heteroatoms. The van der Waals surface area contributed by atoms with Crippen LogP contribution >= 0.6 is 0 Å². The van der Waals surface area contributed by atoms with Crippen molar-refractivity contribution in [3.63, 3.8) is 0 Å². The van der Waals surface area contributed by atoms with Crippen LogP contribution in [0.4, 0.5) is 5.95 Å². The van der Waals surface area contributed by atoms with Gasteiger partial charge in [0.25, 0.3) is 0 Å². The number of imidazole rings is 1. The van der Waals surface area contributed by atoms with Gasteiger partial charge in [0.15, 0.2) is 0 Å². The van der Waals surface area contributed by atoms with Gasteiger partial charge in [-0.05, 0) is 25.3 Å². The van der Waals surface area contributed by atoms with Crippen LogP contribution in [0.1, 0.15) is 12.8 Å². The van der Waals surface area contributed by atoms with Gasteiger partial charge in [0.1, 0.15) is 0 Å². The summed E-state index contributed by atoms with van der Waals surface area (Å²) in [4.78, 5) is 6.69. The fourth-order valence-corrected chi connectivity index (χ4v) is 2.03. The van der Waals surface area contributed by atoms with Crippen LogP contribution in [0.2, 0.25) is 0 Å². The molecule has 0 unspecified atom stereocenters. The number of aryl methyl sites for hydroxylation is 1. The van der Waals surface area contributed by atoms with Crippen molar-refractivity contribution >= 4 is 5.95 Å². The van der Waals surface area contributed by atoms with Crippen LogP contribution in [0, 0.1) is 5.92 Å². The highest BCUT2D eigenvalue weighted by Gasteiger charge is 2.20. The van der Waals surface area contributed by atoms with Crippen LogP contribution in [-0.4, -0.2) is 29.2 Å². The largest absolute Gasteiger partial charge is 0.342 e. The molecule has 0 radical (unpaired) electrons. The molecule has 1 fully saturated rings. The summed E-state index contributed by atoms with van der Waals surface area (Å²) in [5.41, 5.74) is 5.66. The van der Waals surface area contributed by atoms with Crippen molar-refractivity contribution in [2.75, 3.05) is 24.5 Å². The molecule has 0 atom stereocenters. The lowest BCUT2D eigenvalue weighted by molar-refractivity contribution is 0.409. The van der Waals surface area contributed by atoms with E-state index in [9.17, 15) is 0 Å². The maximum atomic E-state index is 5.66. The Morgan fingerprint density at radius 1 is 1.50 bits per heavy atom. The molecule has 2 N–H and O–H groups in total. The molecule has 1 aromatic heterocycles. The van der Waals surface area contributed by atoms with Gasteiger partial charge in [0.05, 0.1) is 0 Å². The second kappa shape index (κ2) is 4.00. The lowest BCUT2D eigenvalue weighted by Crippen LogP contribution is -2.37. The predicted molar refractivity (Wildman–Crippen MR) is 57.2 cm³/mol. The molecule has 1 saturated heterocycles. The van der Waals surface area contributed by atoms with Gasteiger partial charge >= 0.3 is 0 Å². The molecule has 0 aliphatic carbocycles. The summed E-state index contributed by atoms with van der Waals surface area (Å²) in [6.45, 7) is 3.01. The molecule has 0 amide bonds. The fraction of sp³-hybridized carbons (Fsp3) is 0.700. The van der Waals surface area contributed by atoms with E-state index in [4.69, 9.17) is 5.73 Å². The van der Waals surface area contributed by atoms with Gasteiger partial charge in [0, 0.05) is 32.5 Å². The zero-order valence-electron chi connectivity index (χ0n) is 8.69. The smallest absolute Gasteiger partial charge is 0.205 e. The first-order chi connectivity index (χ1) is 6.81. The lowest BCUT2D eigenvalue weighted by Gasteiger charge is -2.31. The van der Waals surface area contributed by atoms with Gasteiger partial charge in [-0.2, -0.15) is 0 Å². The second-order valence-corrected chi connectivity index (χ2v) is 4.00. The van der Waals surface area contributed by atoms with Crippen molar-refractivity contribution in [1.82, 2.24) is 9.55 Å². The van der Waals surface area contributed by atoms with Crippen molar-refractivity contribution < 1.29 is 0 Å². The topological polar surface area (TPSA) is 47.1 Å². The summed E-state index contributed by atoms with van der Waals surface area (Å²) < 4.78 is 2.07. The van der Waals surface area contributed by atoms with Gasteiger partial charge < -0.3 is 15.2 Å². The number of hydrogen-bond donors (Lipinski definition) is 1. The highest BCUT2D eigenvalue weighted by Crippen LogP contribution is 2.20. The van der Waals surface area contributed by atoms with Crippen molar-refractivity contribution in [1.29, 1.82) is 0 Å². The Hall–Kier alpha value is -1.03. The molecule has 1 aliphatic rings. The second-order valence-electron chi connectivity index (χ2n) is 4.00. The first-order valence-corrected chi connectivity index (χ1v) is 5.23. The van der Waals surface area contributed by atoms with Gasteiger partial charge in [-0.1, -0.05) is 0 Å². The summed E-state index contributed by atoms with van der Waals surface area (Å²) in [7, 11) is 2.04. The summed E-state index contributed by atoms with van der Waals surface area (Å²) in [6, 6.07) is 0. The van der Waals surface area contributed by atoms with E-state index < -0.39 is 0 Å². The van der Waals surface area contributed by atoms with Gasteiger partial charge in [0.2, 0.25) is 5.95 Å². The Morgan fingerprint density at radius 2 is 2.21 bits per heavy atom. The summed E-state index contributed by atoms with van der Waals surface area (Å²) in [5.74, 6) is 1.80. The molecule has 2 heterocycles. The highest BCUT2D eigenvalue weighted by molar-refractivity contribution is 5.31. The summed E-state index contributed by atoms with van der Waals surface area (Å²) >= 11 is 0. The normalized spacial score (nSPS) is 18.9. The van der Waals surface area contributed by atoms with Crippen LogP contribution in [0.5, 0.6) is 0 Å². The van der Waals surface area contributed by atoms with Crippen LogP contribution in [0.25, 0.3) is 0 Å². The summed E-state index contributed by atoms with van der Waals surface area (Å²) in [6.07, 6.45) is 6.24. The Balaban J connectivity index is 1.99. The van der Waals surface area contributed by atoms with Gasteiger partial charge in [-0.25, -0.2) is 4.98 Å². The number of piperidine rings is 1. The number of rotatable bonds is 2. The number of nitrogens with two attached hydrogens (primary N) is 1. The van der Waals surface area contributed by atoms with E-state index in [-0.39, 0.29) is 0 Å². The minimum Gasteiger partial charge on any atom is -0.342 e. The third kappa shape index (κ3) is 1.75. The Morgan fingerprint density at radius 3 is 2.71 bits per heavy atom. The van der Waals surface area contributed by atoms with Crippen LogP contribution in [0.3, 0.4) is 0 Å². The minimum atomic E-state index is 0.714. The Kier molecular flexibility index (Phi) is 2.72. The van der Waals surface area contributed by atoms with E-state index in [1.807, 2.05) is 19.4 Å². The zero-order chi connectivity index (χ0) is 9.97. The molecule has 1 aliphatic heterocycles. The standard InChI is InChI=1S/C10H18N4/c1-13-7-4-12-10(13)14-5-2-9(8-11)3-6-14/h4,7,9H,2-3,5-6,8,11H2,1H3. The monoisotopic (exact) mass is 194 g/mol. The third-order valence-corrected chi connectivity index (χ3v) is 3.03. The van der Waals surface area contributed by atoms with E-state index in [1.165, 1.54) is 12.8 Å². The fourth-order valence-electron chi connectivity index (χ4n) is 2.03. The predicted octanol–water partition coefficient (Wildman–Crippen LogP) is 0.595. The molecular formula is C10H18N4. The molecular weight excluding hydrogens is 176 g/mol. The summed E-state index contributed by atoms with van der Waals surface area (Å²) in [5, 5.41) is 0. The van der Waals surface area contributed by atoms with E-state index in [1.54, 1.807) is 0 Å². The first kappa shape index (κ1) is 9.52. The Bertz CT molecular complexity index is 286. The third-order valence-electron chi connectivity index (χ3n) is 3.03. The molecule has 4 nitrogen and oxygen atoms in total. The maximum Gasteiger partial charge on any atom is 0.205 e. The van der Waals surface area contributed by atoms with Crippen molar-refractivity contribution in [3.8, 4) is 0 Å². The first-order valence-electron chi connectivity index (χ1n) is 5.23. The van der Waals surface area contributed by atoms with Crippen LogP contribution < -0.4 is 10.6 Å².